The molecular weight excluding hydrogens is 953 g/mol. The molecule has 5 heterocycles. The van der Waals surface area contributed by atoms with Gasteiger partial charge in [-0.05, 0) is 53.9 Å². The van der Waals surface area contributed by atoms with Crippen molar-refractivity contribution in [2.24, 2.45) is 5.92 Å². The first-order chi connectivity index (χ1) is 34.3. The molecular formula is C50H86O22. The van der Waals surface area contributed by atoms with Crippen molar-refractivity contribution in [2.75, 3.05) is 13.4 Å². The third-order valence-electron chi connectivity index (χ3n) is 14.4. The molecule has 23 atom stereocenters. The largest absolute Gasteiger partial charge is 0.473 e. The number of aliphatic hydroxyl groups is 8. The highest BCUT2D eigenvalue weighted by atomic mass is 16.8. The number of ether oxygens (including phenoxy) is 12. The van der Waals surface area contributed by atoms with Crippen LogP contribution in [0.1, 0.15) is 138 Å². The molecule has 0 amide bonds. The van der Waals surface area contributed by atoms with Gasteiger partial charge in [-0.1, -0.05) is 78.2 Å². The van der Waals surface area contributed by atoms with Crippen LogP contribution in [0.15, 0.2) is 12.3 Å². The summed E-state index contributed by atoms with van der Waals surface area (Å²) in [4.78, 5) is 27.4. The molecule has 8 N–H and O–H groups in total. The molecule has 0 saturated carbocycles. The van der Waals surface area contributed by atoms with E-state index in [0.29, 0.717) is 31.4 Å². The molecule has 418 valence electrons. The number of carbonyl (C=O) groups is 2. The first kappa shape index (κ1) is 60.7. The van der Waals surface area contributed by atoms with E-state index < -0.39 is 160 Å². The molecule has 5 saturated heterocycles. The lowest BCUT2D eigenvalue weighted by molar-refractivity contribution is -0.403. The van der Waals surface area contributed by atoms with Gasteiger partial charge in [0.05, 0.1) is 48.8 Å². The Bertz CT molecular complexity index is 1620. The van der Waals surface area contributed by atoms with E-state index in [2.05, 4.69) is 13.5 Å². The van der Waals surface area contributed by atoms with Crippen LogP contribution in [0.5, 0.6) is 0 Å². The highest BCUT2D eigenvalue weighted by Gasteiger charge is 2.58. The molecule has 5 fully saturated rings. The number of carbonyl (C=O) groups excluding carboxylic acids is 2. The summed E-state index contributed by atoms with van der Waals surface area (Å²) in [6.07, 6.45) is -21.9. The summed E-state index contributed by atoms with van der Waals surface area (Å²) in [5.74, 6) is -2.36. The van der Waals surface area contributed by atoms with E-state index in [4.69, 9.17) is 56.8 Å². The van der Waals surface area contributed by atoms with Gasteiger partial charge in [0.15, 0.2) is 50.3 Å². The first-order valence-corrected chi connectivity index (χ1v) is 26.2. The molecule has 0 aliphatic carbocycles. The van der Waals surface area contributed by atoms with Crippen LogP contribution in [-0.4, -0.2) is 201 Å². The summed E-state index contributed by atoms with van der Waals surface area (Å²) in [5, 5.41) is 88.6. The predicted octanol–water partition coefficient (Wildman–Crippen LogP) is 1.87. The second-order valence-corrected chi connectivity index (χ2v) is 20.0. The van der Waals surface area contributed by atoms with Crippen LogP contribution in [0, 0.1) is 5.92 Å². The van der Waals surface area contributed by atoms with Crippen molar-refractivity contribution in [3.63, 3.8) is 0 Å². The topological polar surface area (TPSA) is 307 Å². The fraction of sp³-hybridized carbons (Fsp3) is 0.920. The normalized spacial score (nSPS) is 41.8. The van der Waals surface area contributed by atoms with Crippen LogP contribution >= 0.6 is 0 Å². The van der Waals surface area contributed by atoms with Crippen molar-refractivity contribution in [1.29, 1.82) is 0 Å². The summed E-state index contributed by atoms with van der Waals surface area (Å²) in [5.41, 5.74) is 0. The van der Waals surface area contributed by atoms with Gasteiger partial charge in [-0.3, -0.25) is 9.59 Å². The lowest BCUT2D eigenvalue weighted by atomic mass is 9.95. The van der Waals surface area contributed by atoms with E-state index in [1.165, 1.54) is 27.7 Å². The minimum absolute atomic E-state index is 0.0430. The Morgan fingerprint density at radius 3 is 1.99 bits per heavy atom. The van der Waals surface area contributed by atoms with E-state index in [-0.39, 0.29) is 12.5 Å². The van der Waals surface area contributed by atoms with Gasteiger partial charge >= 0.3 is 11.9 Å². The van der Waals surface area contributed by atoms with Gasteiger partial charge in [-0.25, -0.2) is 0 Å². The van der Waals surface area contributed by atoms with E-state index >= 15 is 0 Å². The number of hydrogen-bond donors (Lipinski definition) is 8. The molecule has 5 aliphatic heterocycles. The second kappa shape index (κ2) is 29.4. The molecule has 72 heavy (non-hydrogen) atoms. The van der Waals surface area contributed by atoms with Crippen LogP contribution in [0.2, 0.25) is 0 Å². The minimum atomic E-state index is -1.86. The number of hydrogen-bond acceptors (Lipinski definition) is 22. The number of rotatable bonds is 17. The SMILES string of the molecule is C=C(CC)OCOC1C(O[C@@H]2C3OC(CO)[C@@H](O)[C@@H]2OC(=O)CCCCCCCCC[C@H](CCCCC)OC2OC(C)[C@H](O)C(O)[C@@H]2O3)O[C@@H](C)[C@H](OC(=O)[C@H](C)C(C)O)[C@@H]1OC1OC(C)[C@H](O)[C@H](O)[C@@H]1O. The average molecular weight is 1040 g/mol. The van der Waals surface area contributed by atoms with Gasteiger partial charge in [0.2, 0.25) is 0 Å². The van der Waals surface area contributed by atoms with Gasteiger partial charge in [-0.15, -0.1) is 0 Å². The zero-order chi connectivity index (χ0) is 52.8. The highest BCUT2D eigenvalue weighted by molar-refractivity contribution is 5.73. The Labute approximate surface area is 423 Å². The number of aliphatic hydroxyl groups excluding tert-OH is 8. The lowest BCUT2D eigenvalue weighted by Gasteiger charge is -2.50. The average Bonchev–Trinajstić information content (AvgIpc) is 3.35. The lowest BCUT2D eigenvalue weighted by Crippen LogP contribution is -2.68. The summed E-state index contributed by atoms with van der Waals surface area (Å²) >= 11 is 0. The zero-order valence-corrected chi connectivity index (χ0v) is 43.1. The molecule has 5 aliphatic rings. The summed E-state index contributed by atoms with van der Waals surface area (Å²) in [7, 11) is 0. The maximum Gasteiger partial charge on any atom is 0.311 e. The molecule has 0 radical (unpaired) electrons. The molecule has 0 aromatic rings. The Hall–Kier alpha value is -2.20. The smallest absolute Gasteiger partial charge is 0.311 e. The predicted molar refractivity (Wildman–Crippen MR) is 251 cm³/mol. The summed E-state index contributed by atoms with van der Waals surface area (Å²) in [6.45, 7) is 13.8. The van der Waals surface area contributed by atoms with Gasteiger partial charge in [-0.2, -0.15) is 0 Å². The van der Waals surface area contributed by atoms with Crippen molar-refractivity contribution in [1.82, 2.24) is 0 Å². The van der Waals surface area contributed by atoms with Crippen molar-refractivity contribution in [3.8, 4) is 0 Å². The number of unbranched alkanes of at least 4 members (excludes halogenated alkanes) is 2. The molecule has 2 bridgehead atoms. The van der Waals surface area contributed by atoms with E-state index in [9.17, 15) is 50.4 Å². The first-order valence-electron chi connectivity index (χ1n) is 26.2. The molecule has 10 unspecified atom stereocenters. The Balaban J connectivity index is 1.62. The van der Waals surface area contributed by atoms with E-state index in [0.717, 1.165) is 57.8 Å². The monoisotopic (exact) mass is 1040 g/mol. The van der Waals surface area contributed by atoms with E-state index in [1.807, 2.05) is 0 Å². The van der Waals surface area contributed by atoms with Crippen LogP contribution in [-0.2, 0) is 66.4 Å². The van der Waals surface area contributed by atoms with Crippen molar-refractivity contribution in [3.05, 3.63) is 12.3 Å². The quantitative estimate of drug-likeness (QED) is 0.0446. The summed E-state index contributed by atoms with van der Waals surface area (Å²) in [6, 6.07) is 0. The van der Waals surface area contributed by atoms with Gasteiger partial charge < -0.3 is 97.7 Å². The Kier molecular flexibility index (Phi) is 24.7. The molecule has 0 aromatic carbocycles. The fourth-order valence-corrected chi connectivity index (χ4v) is 9.42. The van der Waals surface area contributed by atoms with Crippen molar-refractivity contribution < 1.29 is 107 Å². The van der Waals surface area contributed by atoms with Crippen LogP contribution in [0.3, 0.4) is 0 Å². The number of allylic oxidation sites excluding steroid dienone is 1. The molecule has 22 nitrogen and oxygen atoms in total. The highest BCUT2D eigenvalue weighted by Crippen LogP contribution is 2.38. The standard InChI is InChI=1S/C50H86O22/c1-9-11-17-20-31-21-18-15-13-12-14-16-19-22-33(53)68-41-36(56)32(23-51)67-50(70-42-38(58)35(55)29(7)64-48(42)66-31)45(41)72-49-44(62-24-61-25(3)10-2)43(71-47-39(59)37(57)34(54)28(6)63-47)40(30(8)65-49)69-46(60)26(4)27(5)52/h26-32,34-45,47-52,54-59H,3,9-24H2,1-2,4-8H3/t26-,27?,28?,29?,30+,31+,32?,34+,35+,36-,37+,38?,39+,40+,41+,42+,43+,44?,45+,47?,48?,49?,50?/m1/s1. The van der Waals surface area contributed by atoms with Crippen molar-refractivity contribution >= 4 is 11.9 Å². The maximum absolute atomic E-state index is 13.8. The molecule has 22 heteroatoms. The Morgan fingerprint density at radius 1 is 0.681 bits per heavy atom. The van der Waals surface area contributed by atoms with Crippen molar-refractivity contribution in [2.45, 2.75) is 273 Å². The van der Waals surface area contributed by atoms with Crippen LogP contribution < -0.4 is 0 Å². The number of fused-ring (bicyclic) bond motifs is 3. The molecule has 0 aromatic heterocycles. The summed E-state index contributed by atoms with van der Waals surface area (Å²) < 4.78 is 75.2. The number of esters is 2. The zero-order valence-electron chi connectivity index (χ0n) is 43.1. The fourth-order valence-electron chi connectivity index (χ4n) is 9.42. The van der Waals surface area contributed by atoms with E-state index in [1.54, 1.807) is 13.8 Å². The molecule has 5 rings (SSSR count). The second-order valence-electron chi connectivity index (χ2n) is 20.0. The molecule has 0 spiro atoms. The van der Waals surface area contributed by atoms with Gasteiger partial charge in [0.25, 0.3) is 0 Å². The van der Waals surface area contributed by atoms with Crippen LogP contribution in [0.4, 0.5) is 0 Å². The minimum Gasteiger partial charge on any atom is -0.473 e. The third-order valence-corrected chi connectivity index (χ3v) is 14.4. The third kappa shape index (κ3) is 16.2. The van der Waals surface area contributed by atoms with Gasteiger partial charge in [0.1, 0.15) is 61.0 Å². The Morgan fingerprint density at radius 2 is 1.32 bits per heavy atom. The maximum atomic E-state index is 13.8. The van der Waals surface area contributed by atoms with Gasteiger partial charge in [0, 0.05) is 12.8 Å². The van der Waals surface area contributed by atoms with Crippen LogP contribution in [0.25, 0.3) is 0 Å².